The summed E-state index contributed by atoms with van der Waals surface area (Å²) < 4.78 is 10.8. The summed E-state index contributed by atoms with van der Waals surface area (Å²) in [5.74, 6) is -0.0701. The third kappa shape index (κ3) is 2.95. The molecule has 1 aliphatic heterocycles. The molecule has 2 aliphatic rings. The molecule has 4 nitrogen and oxygen atoms in total. The molecule has 16 heavy (non-hydrogen) atoms. The summed E-state index contributed by atoms with van der Waals surface area (Å²) in [5, 5.41) is 3.17. The summed E-state index contributed by atoms with van der Waals surface area (Å²) in [6.45, 7) is 0.936. The number of esters is 1. The van der Waals surface area contributed by atoms with Crippen molar-refractivity contribution >= 4 is 5.97 Å². The average Bonchev–Trinajstić information content (AvgIpc) is 2.83. The second-order valence-corrected chi connectivity index (χ2v) is 4.73. The van der Waals surface area contributed by atoms with Crippen LogP contribution in [0.25, 0.3) is 0 Å². The zero-order valence-electron chi connectivity index (χ0n) is 9.91. The number of carbonyl (C=O) groups is 1. The summed E-state index contributed by atoms with van der Waals surface area (Å²) in [6, 6.07) is -0.0667. The first-order chi connectivity index (χ1) is 7.79. The zero-order chi connectivity index (χ0) is 11.4. The summed E-state index contributed by atoms with van der Waals surface area (Å²) in [5.41, 5.74) is 0. The van der Waals surface area contributed by atoms with Crippen LogP contribution in [0.3, 0.4) is 0 Å². The highest BCUT2D eigenvalue weighted by Gasteiger charge is 2.29. The van der Waals surface area contributed by atoms with Crippen LogP contribution in [0.4, 0.5) is 0 Å². The third-order valence-corrected chi connectivity index (χ3v) is 3.54. The van der Waals surface area contributed by atoms with Crippen molar-refractivity contribution in [2.24, 2.45) is 0 Å². The molecule has 3 atom stereocenters. The fourth-order valence-electron chi connectivity index (χ4n) is 2.56. The molecule has 0 aromatic heterocycles. The van der Waals surface area contributed by atoms with Gasteiger partial charge in [0.1, 0.15) is 12.1 Å². The van der Waals surface area contributed by atoms with Crippen molar-refractivity contribution in [1.29, 1.82) is 0 Å². The van der Waals surface area contributed by atoms with Crippen molar-refractivity contribution in [2.45, 2.75) is 56.8 Å². The number of hydrogen-bond acceptors (Lipinski definition) is 4. The fourth-order valence-corrected chi connectivity index (χ4v) is 2.56. The Morgan fingerprint density at radius 2 is 2.00 bits per heavy atom. The van der Waals surface area contributed by atoms with Crippen LogP contribution < -0.4 is 5.32 Å². The minimum atomic E-state index is -0.0701. The minimum absolute atomic E-state index is 0.0635. The zero-order valence-corrected chi connectivity index (χ0v) is 9.91. The lowest BCUT2D eigenvalue weighted by Crippen LogP contribution is -2.37. The van der Waals surface area contributed by atoms with Gasteiger partial charge in [0.05, 0.1) is 6.10 Å². The van der Waals surface area contributed by atoms with E-state index in [1.54, 1.807) is 7.11 Å². The normalized spacial score (nSPS) is 34.9. The minimum Gasteiger partial charge on any atom is -0.461 e. The van der Waals surface area contributed by atoms with Gasteiger partial charge in [-0.15, -0.1) is 0 Å². The molecular formula is C12H21NO3. The number of methoxy groups -OCH3 is 1. The molecule has 0 aromatic carbocycles. The monoisotopic (exact) mass is 227 g/mol. The van der Waals surface area contributed by atoms with Gasteiger partial charge >= 0.3 is 5.97 Å². The lowest BCUT2D eigenvalue weighted by Gasteiger charge is -2.28. The van der Waals surface area contributed by atoms with Crippen LogP contribution >= 0.6 is 0 Å². The second kappa shape index (κ2) is 5.64. The second-order valence-electron chi connectivity index (χ2n) is 4.73. The Morgan fingerprint density at radius 1 is 1.19 bits per heavy atom. The Hall–Kier alpha value is -0.610. The highest BCUT2D eigenvalue weighted by Crippen LogP contribution is 2.23. The van der Waals surface area contributed by atoms with Crippen molar-refractivity contribution in [3.63, 3.8) is 0 Å². The lowest BCUT2D eigenvalue weighted by molar-refractivity contribution is -0.154. The standard InChI is InChI=1S/C12H21NO3/c1-15-9-4-2-5-10(8-9)16-12(14)11-6-3-7-13-11/h9-11,13H,2-8H2,1H3. The van der Waals surface area contributed by atoms with E-state index in [2.05, 4.69) is 5.32 Å². The van der Waals surface area contributed by atoms with Crippen molar-refractivity contribution in [3.8, 4) is 0 Å². The van der Waals surface area contributed by atoms with E-state index < -0.39 is 0 Å². The summed E-state index contributed by atoms with van der Waals surface area (Å²) in [7, 11) is 1.73. The van der Waals surface area contributed by atoms with Gasteiger partial charge in [-0.2, -0.15) is 0 Å². The van der Waals surface area contributed by atoms with Crippen LogP contribution in [-0.4, -0.2) is 37.9 Å². The van der Waals surface area contributed by atoms with Crippen molar-refractivity contribution in [3.05, 3.63) is 0 Å². The molecule has 1 aliphatic carbocycles. The Labute approximate surface area is 96.7 Å². The van der Waals surface area contributed by atoms with E-state index >= 15 is 0 Å². The number of nitrogens with one attached hydrogen (secondary N) is 1. The van der Waals surface area contributed by atoms with E-state index in [0.29, 0.717) is 0 Å². The van der Waals surface area contributed by atoms with Crippen molar-refractivity contribution in [1.82, 2.24) is 5.32 Å². The molecule has 1 N–H and O–H groups in total. The molecule has 1 saturated heterocycles. The van der Waals surface area contributed by atoms with Gasteiger partial charge in [0.2, 0.25) is 0 Å². The summed E-state index contributed by atoms with van der Waals surface area (Å²) in [4.78, 5) is 11.8. The van der Waals surface area contributed by atoms with E-state index in [1.807, 2.05) is 0 Å². The molecule has 1 heterocycles. The molecule has 4 heteroatoms. The maximum atomic E-state index is 11.8. The number of hydrogen-bond donors (Lipinski definition) is 1. The van der Waals surface area contributed by atoms with Crippen LogP contribution in [-0.2, 0) is 14.3 Å². The first-order valence-corrected chi connectivity index (χ1v) is 6.26. The van der Waals surface area contributed by atoms with Crippen LogP contribution in [0.5, 0.6) is 0 Å². The van der Waals surface area contributed by atoms with Crippen molar-refractivity contribution in [2.75, 3.05) is 13.7 Å². The highest BCUT2D eigenvalue weighted by atomic mass is 16.5. The maximum Gasteiger partial charge on any atom is 0.323 e. The Kier molecular flexibility index (Phi) is 4.18. The molecule has 0 radical (unpaired) electrons. The Balaban J connectivity index is 1.77. The van der Waals surface area contributed by atoms with Gasteiger partial charge in [0.15, 0.2) is 0 Å². The Bertz CT molecular complexity index is 238. The molecule has 0 bridgehead atoms. The van der Waals surface area contributed by atoms with Gasteiger partial charge in [-0.3, -0.25) is 4.79 Å². The topological polar surface area (TPSA) is 47.6 Å². The largest absolute Gasteiger partial charge is 0.461 e. The number of ether oxygens (including phenoxy) is 2. The van der Waals surface area contributed by atoms with E-state index in [0.717, 1.165) is 45.1 Å². The molecular weight excluding hydrogens is 206 g/mol. The predicted molar refractivity (Wildman–Crippen MR) is 60.2 cm³/mol. The number of carbonyl (C=O) groups excluding carboxylic acids is 1. The molecule has 2 fully saturated rings. The first kappa shape index (κ1) is 11.9. The smallest absolute Gasteiger partial charge is 0.323 e. The molecule has 0 spiro atoms. The Morgan fingerprint density at radius 3 is 2.69 bits per heavy atom. The first-order valence-electron chi connectivity index (χ1n) is 6.26. The van der Waals surface area contributed by atoms with E-state index in [4.69, 9.17) is 9.47 Å². The van der Waals surface area contributed by atoms with Crippen LogP contribution in [0.1, 0.15) is 38.5 Å². The molecule has 0 amide bonds. The maximum absolute atomic E-state index is 11.8. The summed E-state index contributed by atoms with van der Waals surface area (Å²) in [6.07, 6.45) is 6.34. The SMILES string of the molecule is COC1CCCC(OC(=O)C2CCCN2)C1. The average molecular weight is 227 g/mol. The number of rotatable bonds is 3. The van der Waals surface area contributed by atoms with Crippen molar-refractivity contribution < 1.29 is 14.3 Å². The van der Waals surface area contributed by atoms with Crippen LogP contribution in [0.2, 0.25) is 0 Å². The van der Waals surface area contributed by atoms with Gasteiger partial charge in [0.25, 0.3) is 0 Å². The molecule has 1 saturated carbocycles. The van der Waals surface area contributed by atoms with Gasteiger partial charge in [-0.05, 0) is 38.6 Å². The quantitative estimate of drug-likeness (QED) is 0.737. The molecule has 2 rings (SSSR count). The fraction of sp³-hybridized carbons (Fsp3) is 0.917. The van der Waals surface area contributed by atoms with E-state index in [9.17, 15) is 4.79 Å². The van der Waals surface area contributed by atoms with Gasteiger partial charge < -0.3 is 14.8 Å². The van der Waals surface area contributed by atoms with Gasteiger partial charge in [-0.25, -0.2) is 0 Å². The molecule has 92 valence electrons. The van der Waals surface area contributed by atoms with Gasteiger partial charge in [-0.1, -0.05) is 0 Å². The summed E-state index contributed by atoms with van der Waals surface area (Å²) >= 11 is 0. The molecule has 0 aromatic rings. The van der Waals surface area contributed by atoms with Gasteiger partial charge in [0, 0.05) is 13.5 Å². The highest BCUT2D eigenvalue weighted by molar-refractivity contribution is 5.76. The van der Waals surface area contributed by atoms with Crippen LogP contribution in [0, 0.1) is 0 Å². The van der Waals surface area contributed by atoms with Crippen LogP contribution in [0.15, 0.2) is 0 Å². The third-order valence-electron chi connectivity index (χ3n) is 3.54. The van der Waals surface area contributed by atoms with E-state index in [-0.39, 0.29) is 24.2 Å². The predicted octanol–water partition coefficient (Wildman–Crippen LogP) is 1.24. The molecule has 3 unspecified atom stereocenters. The van der Waals surface area contributed by atoms with E-state index in [1.165, 1.54) is 0 Å². The lowest BCUT2D eigenvalue weighted by atomic mass is 9.95.